The molecule has 0 atom stereocenters. The third-order valence-corrected chi connectivity index (χ3v) is 4.25. The molecule has 0 saturated carbocycles. The van der Waals surface area contributed by atoms with Gasteiger partial charge in [0.1, 0.15) is 30.2 Å². The Hall–Kier alpha value is -3.28. The van der Waals surface area contributed by atoms with Crippen molar-refractivity contribution in [3.63, 3.8) is 0 Å². The number of hydrogen-bond donors (Lipinski definition) is 0. The highest BCUT2D eigenvalue weighted by Crippen LogP contribution is 2.29. The lowest BCUT2D eigenvalue weighted by atomic mass is 10.2. The summed E-state index contributed by atoms with van der Waals surface area (Å²) in [5.74, 6) is -0.340. The van der Waals surface area contributed by atoms with Crippen LogP contribution >= 0.6 is 0 Å². The van der Waals surface area contributed by atoms with Gasteiger partial charge in [0, 0.05) is 5.39 Å². The van der Waals surface area contributed by atoms with Gasteiger partial charge in [-0.25, -0.2) is 4.79 Å². The average Bonchev–Trinajstić information content (AvgIpc) is 3.04. The van der Waals surface area contributed by atoms with Crippen LogP contribution in [0.1, 0.15) is 36.8 Å². The molecule has 3 aromatic rings. The lowest BCUT2D eigenvalue weighted by Gasteiger charge is -2.20. The predicted molar refractivity (Wildman–Crippen MR) is 110 cm³/mol. The molecule has 0 fully saturated rings. The molecule has 0 amide bonds. The number of ether oxygens (including phenoxy) is 3. The monoisotopic (exact) mass is 395 g/mol. The Labute approximate surface area is 170 Å². The summed E-state index contributed by atoms with van der Waals surface area (Å²) >= 11 is 0. The number of fused-ring (bicyclic) bond motifs is 1. The zero-order valence-corrected chi connectivity index (χ0v) is 17.1. The normalized spacial score (nSPS) is 11.3. The van der Waals surface area contributed by atoms with Gasteiger partial charge in [-0.05, 0) is 44.5 Å². The highest BCUT2D eigenvalue weighted by atomic mass is 16.6. The zero-order valence-electron chi connectivity index (χ0n) is 17.1. The molecular formula is C23H25NO5. The van der Waals surface area contributed by atoms with Gasteiger partial charge in [0.05, 0.1) is 12.6 Å². The van der Waals surface area contributed by atoms with Crippen molar-refractivity contribution in [2.75, 3.05) is 7.11 Å². The molecule has 2 aromatic carbocycles. The summed E-state index contributed by atoms with van der Waals surface area (Å²) in [4.78, 5) is 25.3. The standard InChI is InChI=1S/C23H25NO5/c1-23(2,3)29-21(25)14-24-18-11-8-12-20(27-4)17(18)13-19(24)22(26)28-15-16-9-6-5-7-10-16/h5-13H,14-15H2,1-4H3. The minimum Gasteiger partial charge on any atom is -0.496 e. The van der Waals surface area contributed by atoms with Crippen LogP contribution in [0.4, 0.5) is 0 Å². The van der Waals surface area contributed by atoms with Gasteiger partial charge >= 0.3 is 11.9 Å². The van der Waals surface area contributed by atoms with Gasteiger partial charge in [0.25, 0.3) is 0 Å². The molecule has 0 saturated heterocycles. The Morgan fingerprint density at radius 1 is 1.00 bits per heavy atom. The third-order valence-electron chi connectivity index (χ3n) is 4.25. The van der Waals surface area contributed by atoms with Crippen molar-refractivity contribution in [3.05, 3.63) is 65.9 Å². The Morgan fingerprint density at radius 3 is 2.38 bits per heavy atom. The molecule has 0 radical (unpaired) electrons. The molecular weight excluding hydrogens is 370 g/mol. The van der Waals surface area contributed by atoms with E-state index in [1.54, 1.807) is 44.6 Å². The fraction of sp³-hybridized carbons (Fsp3) is 0.304. The molecule has 0 spiro atoms. The SMILES string of the molecule is COc1cccc2c1cc(C(=O)OCc1ccccc1)n2CC(=O)OC(C)(C)C. The number of nitrogens with zero attached hydrogens (tertiary/aromatic N) is 1. The van der Waals surface area contributed by atoms with Crippen LogP contribution in [-0.4, -0.2) is 29.2 Å². The highest BCUT2D eigenvalue weighted by molar-refractivity contribution is 5.98. The Morgan fingerprint density at radius 2 is 1.72 bits per heavy atom. The molecule has 6 heteroatoms. The van der Waals surface area contributed by atoms with Gasteiger partial charge in [-0.3, -0.25) is 4.79 Å². The second kappa shape index (κ2) is 8.39. The molecule has 0 N–H and O–H groups in total. The van der Waals surface area contributed by atoms with Gasteiger partial charge in [0.2, 0.25) is 0 Å². The van der Waals surface area contributed by atoms with Crippen LogP contribution in [0.3, 0.4) is 0 Å². The highest BCUT2D eigenvalue weighted by Gasteiger charge is 2.23. The van der Waals surface area contributed by atoms with E-state index in [1.165, 1.54) is 0 Å². The van der Waals surface area contributed by atoms with Crippen LogP contribution < -0.4 is 4.74 Å². The molecule has 0 aliphatic rings. The second-order valence-corrected chi connectivity index (χ2v) is 7.66. The molecule has 0 unspecified atom stereocenters. The number of carbonyl (C=O) groups excluding carboxylic acids is 2. The minimum absolute atomic E-state index is 0.107. The fourth-order valence-electron chi connectivity index (χ4n) is 3.07. The van der Waals surface area contributed by atoms with Crippen LogP contribution in [0.2, 0.25) is 0 Å². The van der Waals surface area contributed by atoms with Crippen molar-refractivity contribution in [2.24, 2.45) is 0 Å². The van der Waals surface area contributed by atoms with Crippen molar-refractivity contribution < 1.29 is 23.8 Å². The summed E-state index contributed by atoms with van der Waals surface area (Å²) in [6.07, 6.45) is 0. The molecule has 152 valence electrons. The maximum Gasteiger partial charge on any atom is 0.355 e. The largest absolute Gasteiger partial charge is 0.496 e. The Balaban J connectivity index is 1.93. The van der Waals surface area contributed by atoms with E-state index >= 15 is 0 Å². The van der Waals surface area contributed by atoms with Gasteiger partial charge in [-0.2, -0.15) is 0 Å². The maximum absolute atomic E-state index is 12.8. The van der Waals surface area contributed by atoms with E-state index in [2.05, 4.69) is 0 Å². The van der Waals surface area contributed by atoms with E-state index in [9.17, 15) is 9.59 Å². The first-order valence-electron chi connectivity index (χ1n) is 9.37. The van der Waals surface area contributed by atoms with E-state index in [4.69, 9.17) is 14.2 Å². The van der Waals surface area contributed by atoms with Crippen molar-refractivity contribution in [3.8, 4) is 5.75 Å². The molecule has 1 aromatic heterocycles. The summed E-state index contributed by atoms with van der Waals surface area (Å²) in [6.45, 7) is 5.44. The third kappa shape index (κ3) is 4.96. The predicted octanol–water partition coefficient (Wildman–Crippen LogP) is 4.35. The van der Waals surface area contributed by atoms with Gasteiger partial charge in [-0.1, -0.05) is 36.4 Å². The molecule has 0 aliphatic carbocycles. The lowest BCUT2D eigenvalue weighted by Crippen LogP contribution is -2.27. The van der Waals surface area contributed by atoms with Crippen LogP contribution in [0.25, 0.3) is 10.9 Å². The summed E-state index contributed by atoms with van der Waals surface area (Å²) in [5, 5.41) is 0.727. The molecule has 3 rings (SSSR count). The summed E-state index contributed by atoms with van der Waals surface area (Å²) in [6, 6.07) is 16.6. The second-order valence-electron chi connectivity index (χ2n) is 7.66. The van der Waals surface area contributed by atoms with Crippen molar-refractivity contribution in [2.45, 2.75) is 39.5 Å². The number of hydrogen-bond acceptors (Lipinski definition) is 5. The van der Waals surface area contributed by atoms with E-state index in [1.807, 2.05) is 42.5 Å². The quantitative estimate of drug-likeness (QED) is 0.581. The minimum atomic E-state index is -0.619. The summed E-state index contributed by atoms with van der Waals surface area (Å²) in [5.41, 5.74) is 1.23. The number of esters is 2. The maximum atomic E-state index is 12.8. The summed E-state index contributed by atoms with van der Waals surface area (Å²) < 4.78 is 17.9. The van der Waals surface area contributed by atoms with Gasteiger partial charge < -0.3 is 18.8 Å². The first-order valence-corrected chi connectivity index (χ1v) is 9.37. The number of benzene rings is 2. The van der Waals surface area contributed by atoms with E-state index in [0.717, 1.165) is 10.9 Å². The van der Waals surface area contributed by atoms with Crippen LogP contribution in [0.5, 0.6) is 5.75 Å². The van der Waals surface area contributed by atoms with Crippen LogP contribution in [-0.2, 0) is 27.4 Å². The Kier molecular flexibility index (Phi) is 5.92. The molecule has 29 heavy (non-hydrogen) atoms. The number of rotatable bonds is 6. The van der Waals surface area contributed by atoms with Gasteiger partial charge in [-0.15, -0.1) is 0 Å². The topological polar surface area (TPSA) is 66.8 Å². The van der Waals surface area contributed by atoms with Crippen molar-refractivity contribution in [1.82, 2.24) is 4.57 Å². The number of methoxy groups -OCH3 is 1. The number of carbonyl (C=O) groups is 2. The zero-order chi connectivity index (χ0) is 21.0. The summed E-state index contributed by atoms with van der Waals surface area (Å²) in [7, 11) is 1.56. The average molecular weight is 395 g/mol. The van der Waals surface area contributed by atoms with Crippen LogP contribution in [0, 0.1) is 0 Å². The first-order chi connectivity index (χ1) is 13.8. The Bertz CT molecular complexity index is 1010. The smallest absolute Gasteiger partial charge is 0.355 e. The first kappa shape index (κ1) is 20.5. The van der Waals surface area contributed by atoms with Gasteiger partial charge in [0.15, 0.2) is 0 Å². The lowest BCUT2D eigenvalue weighted by molar-refractivity contribution is -0.155. The van der Waals surface area contributed by atoms with E-state index < -0.39 is 17.5 Å². The number of aromatic nitrogens is 1. The molecule has 1 heterocycles. The van der Waals surface area contributed by atoms with Crippen molar-refractivity contribution >= 4 is 22.8 Å². The fourth-order valence-corrected chi connectivity index (χ4v) is 3.07. The van der Waals surface area contributed by atoms with E-state index in [-0.39, 0.29) is 18.8 Å². The molecule has 6 nitrogen and oxygen atoms in total. The molecule has 0 aliphatic heterocycles. The van der Waals surface area contributed by atoms with Crippen molar-refractivity contribution in [1.29, 1.82) is 0 Å². The van der Waals surface area contributed by atoms with E-state index in [0.29, 0.717) is 11.3 Å². The molecule has 0 bridgehead atoms. The van der Waals surface area contributed by atoms with Crippen LogP contribution in [0.15, 0.2) is 54.6 Å².